The molecule has 0 heterocycles. The van der Waals surface area contributed by atoms with E-state index in [1.165, 1.54) is 16.4 Å². The highest BCUT2D eigenvalue weighted by Crippen LogP contribution is 2.26. The quantitative estimate of drug-likeness (QED) is 0.489. The van der Waals surface area contributed by atoms with Crippen molar-refractivity contribution in [2.75, 3.05) is 22.8 Å². The molecule has 0 fully saturated rings. The van der Waals surface area contributed by atoms with Crippen LogP contribution in [-0.4, -0.2) is 27.5 Å². The summed E-state index contributed by atoms with van der Waals surface area (Å²) in [5.74, 6) is 0.201. The maximum atomic E-state index is 13.0. The highest BCUT2D eigenvalue weighted by molar-refractivity contribution is 7.92. The smallest absolute Gasteiger partial charge is 0.264 e. The number of para-hydroxylation sites is 1. The molecule has 3 aromatic rings. The molecule has 168 valence electrons. The van der Waals surface area contributed by atoms with Crippen LogP contribution in [-0.2, 0) is 14.8 Å². The Kier molecular flexibility index (Phi) is 7.43. The van der Waals surface area contributed by atoms with E-state index in [-0.39, 0.29) is 17.4 Å². The minimum atomic E-state index is -3.72. The molecule has 0 aliphatic carbocycles. The maximum absolute atomic E-state index is 13.0. The zero-order valence-corrected chi connectivity index (χ0v) is 19.7. The van der Waals surface area contributed by atoms with Gasteiger partial charge in [-0.15, -0.1) is 0 Å². The van der Waals surface area contributed by atoms with Crippen LogP contribution < -0.4 is 14.4 Å². The zero-order valence-electron chi connectivity index (χ0n) is 18.1. The number of nitrogens with one attached hydrogen (secondary N) is 1. The van der Waals surface area contributed by atoms with E-state index in [2.05, 4.69) is 5.32 Å². The molecule has 0 aliphatic heterocycles. The van der Waals surface area contributed by atoms with E-state index in [0.717, 1.165) is 11.1 Å². The van der Waals surface area contributed by atoms with Gasteiger partial charge in [0.25, 0.3) is 15.9 Å². The number of anilines is 2. The summed E-state index contributed by atoms with van der Waals surface area (Å²) < 4.78 is 33.0. The van der Waals surface area contributed by atoms with E-state index in [0.29, 0.717) is 28.7 Å². The first-order valence-electron chi connectivity index (χ1n) is 10.1. The third kappa shape index (κ3) is 5.41. The molecule has 3 aromatic carbocycles. The maximum Gasteiger partial charge on any atom is 0.264 e. The molecule has 32 heavy (non-hydrogen) atoms. The molecule has 0 radical (unpaired) electrons. The van der Waals surface area contributed by atoms with Crippen LogP contribution in [0, 0.1) is 13.8 Å². The van der Waals surface area contributed by atoms with Crippen LogP contribution in [0.3, 0.4) is 0 Å². The third-order valence-corrected chi connectivity index (χ3v) is 7.35. The summed E-state index contributed by atoms with van der Waals surface area (Å²) in [6.07, 6.45) is 0. The lowest BCUT2D eigenvalue weighted by atomic mass is 10.1. The van der Waals surface area contributed by atoms with Gasteiger partial charge < -0.3 is 10.1 Å². The van der Waals surface area contributed by atoms with Crippen molar-refractivity contribution >= 4 is 38.9 Å². The van der Waals surface area contributed by atoms with Gasteiger partial charge in [-0.25, -0.2) is 8.42 Å². The van der Waals surface area contributed by atoms with Crippen LogP contribution >= 0.6 is 11.6 Å². The topological polar surface area (TPSA) is 75.7 Å². The Morgan fingerprint density at radius 3 is 2.16 bits per heavy atom. The molecule has 0 unspecified atom stereocenters. The average Bonchev–Trinajstić information content (AvgIpc) is 2.77. The number of benzene rings is 3. The minimum Gasteiger partial charge on any atom is -0.484 e. The lowest BCUT2D eigenvalue weighted by Gasteiger charge is -2.23. The number of amides is 1. The van der Waals surface area contributed by atoms with E-state index < -0.39 is 10.0 Å². The summed E-state index contributed by atoms with van der Waals surface area (Å²) in [6.45, 7) is 5.64. The SMILES string of the molecule is CCN(c1ccccc1)S(=O)(=O)c1ccc(NC(=O)COc2cc(C)c(Cl)c(C)c2)cc1. The molecule has 1 amide bonds. The van der Waals surface area contributed by atoms with Crippen molar-refractivity contribution < 1.29 is 17.9 Å². The fourth-order valence-corrected chi connectivity index (χ4v) is 4.84. The standard InChI is InChI=1S/C24H25ClN2O4S/c1-4-27(20-8-6-5-7-9-20)32(29,30)22-12-10-19(11-13-22)26-23(28)16-31-21-14-17(2)24(25)18(3)15-21/h5-15H,4,16H2,1-3H3,(H,26,28). The van der Waals surface area contributed by atoms with Crippen molar-refractivity contribution in [3.8, 4) is 5.75 Å². The van der Waals surface area contributed by atoms with Crippen LogP contribution in [0.15, 0.2) is 71.6 Å². The summed E-state index contributed by atoms with van der Waals surface area (Å²) in [4.78, 5) is 12.4. The number of carbonyl (C=O) groups is 1. The predicted molar refractivity (Wildman–Crippen MR) is 128 cm³/mol. The van der Waals surface area contributed by atoms with Crippen molar-refractivity contribution in [1.82, 2.24) is 0 Å². The number of carbonyl (C=O) groups excluding carboxylic acids is 1. The Morgan fingerprint density at radius 1 is 1.00 bits per heavy atom. The number of hydrogen-bond donors (Lipinski definition) is 1. The first kappa shape index (κ1) is 23.6. The second-order valence-electron chi connectivity index (χ2n) is 7.24. The molecule has 0 atom stereocenters. The number of nitrogens with zero attached hydrogens (tertiary/aromatic N) is 1. The van der Waals surface area contributed by atoms with Gasteiger partial charge in [0.15, 0.2) is 6.61 Å². The van der Waals surface area contributed by atoms with Crippen molar-refractivity contribution in [2.24, 2.45) is 0 Å². The number of hydrogen-bond acceptors (Lipinski definition) is 4. The second kappa shape index (κ2) is 10.1. The van der Waals surface area contributed by atoms with E-state index >= 15 is 0 Å². The van der Waals surface area contributed by atoms with Gasteiger partial charge in [-0.3, -0.25) is 9.10 Å². The summed E-state index contributed by atoms with van der Waals surface area (Å²) >= 11 is 6.15. The highest BCUT2D eigenvalue weighted by atomic mass is 35.5. The van der Waals surface area contributed by atoms with Crippen LogP contribution in [0.25, 0.3) is 0 Å². The molecule has 0 aliphatic rings. The normalized spacial score (nSPS) is 11.1. The monoisotopic (exact) mass is 472 g/mol. The number of sulfonamides is 1. The molecular formula is C24H25ClN2O4S. The fraction of sp³-hybridized carbons (Fsp3) is 0.208. The van der Waals surface area contributed by atoms with Crippen molar-refractivity contribution in [3.05, 3.63) is 82.9 Å². The minimum absolute atomic E-state index is 0.143. The molecule has 0 bridgehead atoms. The zero-order chi connectivity index (χ0) is 23.3. The molecule has 0 spiro atoms. The Bertz CT molecular complexity index is 1170. The third-order valence-electron chi connectivity index (χ3n) is 4.84. The van der Waals surface area contributed by atoms with Crippen molar-refractivity contribution in [1.29, 1.82) is 0 Å². The molecule has 3 rings (SSSR count). The van der Waals surface area contributed by atoms with Gasteiger partial charge in [-0.1, -0.05) is 29.8 Å². The van der Waals surface area contributed by atoms with Crippen LogP contribution in [0.4, 0.5) is 11.4 Å². The molecular weight excluding hydrogens is 448 g/mol. The lowest BCUT2D eigenvalue weighted by Crippen LogP contribution is -2.30. The van der Waals surface area contributed by atoms with E-state index in [1.807, 2.05) is 19.9 Å². The fourth-order valence-electron chi connectivity index (χ4n) is 3.26. The van der Waals surface area contributed by atoms with Crippen molar-refractivity contribution in [3.63, 3.8) is 0 Å². The number of rotatable bonds is 8. The van der Waals surface area contributed by atoms with Gasteiger partial charge in [-0.2, -0.15) is 0 Å². The molecule has 1 N–H and O–H groups in total. The molecule has 8 heteroatoms. The average molecular weight is 473 g/mol. The van der Waals surface area contributed by atoms with Gasteiger partial charge in [0.05, 0.1) is 10.6 Å². The van der Waals surface area contributed by atoms with E-state index in [4.69, 9.17) is 16.3 Å². The van der Waals surface area contributed by atoms with Crippen LogP contribution in [0.1, 0.15) is 18.1 Å². The Hall–Kier alpha value is -3.03. The van der Waals surface area contributed by atoms with Crippen molar-refractivity contribution in [2.45, 2.75) is 25.7 Å². The first-order chi connectivity index (χ1) is 15.2. The largest absolute Gasteiger partial charge is 0.484 e. The molecule has 0 saturated carbocycles. The summed E-state index contributed by atoms with van der Waals surface area (Å²) in [6, 6.07) is 18.5. The predicted octanol–water partition coefficient (Wildman–Crippen LogP) is 5.19. The van der Waals surface area contributed by atoms with Gasteiger partial charge in [0, 0.05) is 17.3 Å². The van der Waals surface area contributed by atoms with E-state index in [9.17, 15) is 13.2 Å². The Labute approximate surface area is 193 Å². The van der Waals surface area contributed by atoms with Gasteiger partial charge >= 0.3 is 0 Å². The summed E-state index contributed by atoms with van der Waals surface area (Å²) in [5.41, 5.74) is 2.81. The Morgan fingerprint density at radius 2 is 1.59 bits per heavy atom. The van der Waals surface area contributed by atoms with Crippen LogP contribution in [0.5, 0.6) is 5.75 Å². The van der Waals surface area contributed by atoms with Crippen LogP contribution in [0.2, 0.25) is 5.02 Å². The molecule has 6 nitrogen and oxygen atoms in total. The second-order valence-corrected chi connectivity index (χ2v) is 9.48. The Balaban J connectivity index is 1.65. The van der Waals surface area contributed by atoms with Gasteiger partial charge in [0.2, 0.25) is 0 Å². The molecule has 0 saturated heterocycles. The highest BCUT2D eigenvalue weighted by Gasteiger charge is 2.23. The summed E-state index contributed by atoms with van der Waals surface area (Å²) in [7, 11) is -3.72. The number of ether oxygens (including phenoxy) is 1. The number of aryl methyl sites for hydroxylation is 2. The van der Waals surface area contributed by atoms with E-state index in [1.54, 1.807) is 55.5 Å². The molecule has 0 aromatic heterocycles. The summed E-state index contributed by atoms with van der Waals surface area (Å²) in [5, 5.41) is 3.38. The number of halogens is 1. The lowest BCUT2D eigenvalue weighted by molar-refractivity contribution is -0.118. The van der Waals surface area contributed by atoms with Gasteiger partial charge in [-0.05, 0) is 80.4 Å². The van der Waals surface area contributed by atoms with Gasteiger partial charge in [0.1, 0.15) is 5.75 Å². The first-order valence-corrected chi connectivity index (χ1v) is 11.9.